The molecule has 1 aliphatic rings. The molecule has 0 aromatic heterocycles. The Balaban J connectivity index is 1.49. The number of para-hydroxylation sites is 2. The normalized spacial score (nSPS) is 17.6. The van der Waals surface area contributed by atoms with Crippen molar-refractivity contribution in [1.82, 2.24) is 9.80 Å². The van der Waals surface area contributed by atoms with E-state index in [1.807, 2.05) is 36.4 Å². The molecule has 0 bridgehead atoms. The molecule has 4 aromatic carbocycles. The molecule has 1 saturated carbocycles. The summed E-state index contributed by atoms with van der Waals surface area (Å²) in [6.45, 7) is 3.04. The molecule has 4 nitrogen and oxygen atoms in total. The Morgan fingerprint density at radius 1 is 0.474 bits per heavy atom. The van der Waals surface area contributed by atoms with Gasteiger partial charge >= 0.3 is 0 Å². The van der Waals surface area contributed by atoms with Crippen LogP contribution in [0.5, 0.6) is 11.5 Å². The molecule has 4 heteroatoms. The monoisotopic (exact) mass is 506 g/mol. The van der Waals surface area contributed by atoms with E-state index in [4.69, 9.17) is 0 Å². The zero-order valence-corrected chi connectivity index (χ0v) is 22.0. The van der Waals surface area contributed by atoms with Crippen molar-refractivity contribution >= 4 is 0 Å². The smallest absolute Gasteiger partial charge is 0.120 e. The average molecular weight is 507 g/mol. The quantitative estimate of drug-likeness (QED) is 0.241. The molecule has 0 amide bonds. The summed E-state index contributed by atoms with van der Waals surface area (Å²) in [5, 5.41) is 21.3. The summed E-state index contributed by atoms with van der Waals surface area (Å²) in [5.41, 5.74) is 4.48. The van der Waals surface area contributed by atoms with Gasteiger partial charge in [-0.05, 0) is 36.1 Å². The van der Waals surface area contributed by atoms with Crippen molar-refractivity contribution in [1.29, 1.82) is 0 Å². The highest BCUT2D eigenvalue weighted by Crippen LogP contribution is 2.33. The van der Waals surface area contributed by atoms with E-state index in [0.717, 1.165) is 37.1 Å². The molecule has 0 aliphatic heterocycles. The highest BCUT2D eigenvalue weighted by molar-refractivity contribution is 5.33. The Labute approximate surface area is 226 Å². The third kappa shape index (κ3) is 6.63. The SMILES string of the molecule is Oc1ccccc1CN(Cc1ccccc1)[C@@H]1CCCC[C@H]1N(Cc1ccccc1)Cc1ccccc1O. The summed E-state index contributed by atoms with van der Waals surface area (Å²) in [6.07, 6.45) is 4.61. The van der Waals surface area contributed by atoms with Crippen LogP contribution in [-0.2, 0) is 26.2 Å². The summed E-state index contributed by atoms with van der Waals surface area (Å²) >= 11 is 0. The van der Waals surface area contributed by atoms with Crippen molar-refractivity contribution in [3.05, 3.63) is 131 Å². The Kier molecular flexibility index (Phi) is 8.75. The standard InChI is InChI=1S/C34H38N2O2/c37-33-21-11-7-17-29(33)25-35(23-27-13-3-1-4-14-27)31-19-9-10-20-32(31)36(24-28-15-5-2-6-16-28)26-30-18-8-12-22-34(30)38/h1-8,11-18,21-22,31-32,37-38H,9-10,19-20,23-26H2/t31-,32-/m1/s1. The number of nitrogens with zero attached hydrogens (tertiary/aromatic N) is 2. The molecule has 1 aliphatic carbocycles. The van der Waals surface area contributed by atoms with Gasteiger partial charge in [0.1, 0.15) is 11.5 Å². The van der Waals surface area contributed by atoms with Crippen molar-refractivity contribution in [3.8, 4) is 11.5 Å². The Morgan fingerprint density at radius 3 is 1.24 bits per heavy atom. The van der Waals surface area contributed by atoms with Crippen LogP contribution in [0.15, 0.2) is 109 Å². The second-order valence-electron chi connectivity index (χ2n) is 10.5. The van der Waals surface area contributed by atoms with Crippen LogP contribution in [0.25, 0.3) is 0 Å². The van der Waals surface area contributed by atoms with E-state index in [1.165, 1.54) is 24.0 Å². The largest absolute Gasteiger partial charge is 0.508 e. The van der Waals surface area contributed by atoms with Gasteiger partial charge in [0.2, 0.25) is 0 Å². The minimum Gasteiger partial charge on any atom is -0.508 e. The topological polar surface area (TPSA) is 46.9 Å². The molecule has 196 valence electrons. The van der Waals surface area contributed by atoms with Gasteiger partial charge in [-0.2, -0.15) is 0 Å². The first kappa shape index (κ1) is 26.0. The third-order valence-corrected chi connectivity index (χ3v) is 7.82. The fourth-order valence-electron chi connectivity index (χ4n) is 5.89. The Hall–Kier alpha value is -3.60. The lowest BCUT2D eigenvalue weighted by Crippen LogP contribution is -2.52. The van der Waals surface area contributed by atoms with Crippen LogP contribution in [0, 0.1) is 0 Å². The highest BCUT2D eigenvalue weighted by Gasteiger charge is 2.35. The van der Waals surface area contributed by atoms with Gasteiger partial charge < -0.3 is 10.2 Å². The van der Waals surface area contributed by atoms with E-state index in [0.29, 0.717) is 36.7 Å². The first-order valence-electron chi connectivity index (χ1n) is 13.8. The number of hydrogen-bond acceptors (Lipinski definition) is 4. The van der Waals surface area contributed by atoms with Gasteiger partial charge in [-0.3, -0.25) is 9.80 Å². The lowest BCUT2D eigenvalue weighted by molar-refractivity contribution is 0.0290. The number of hydrogen-bond donors (Lipinski definition) is 2. The number of aromatic hydroxyl groups is 2. The summed E-state index contributed by atoms with van der Waals surface area (Å²) in [4.78, 5) is 5.13. The first-order valence-corrected chi connectivity index (χ1v) is 13.8. The van der Waals surface area contributed by atoms with E-state index < -0.39 is 0 Å². The lowest BCUT2D eigenvalue weighted by Gasteiger charge is -2.45. The van der Waals surface area contributed by atoms with Crippen LogP contribution in [0.2, 0.25) is 0 Å². The maximum atomic E-state index is 10.7. The predicted molar refractivity (Wildman–Crippen MR) is 154 cm³/mol. The van der Waals surface area contributed by atoms with Gasteiger partial charge in [0.25, 0.3) is 0 Å². The number of rotatable bonds is 10. The molecular weight excluding hydrogens is 468 g/mol. The molecule has 0 saturated heterocycles. The lowest BCUT2D eigenvalue weighted by atomic mass is 9.86. The van der Waals surface area contributed by atoms with E-state index in [-0.39, 0.29) is 0 Å². The van der Waals surface area contributed by atoms with Gasteiger partial charge in [-0.25, -0.2) is 0 Å². The van der Waals surface area contributed by atoms with Crippen LogP contribution in [0.1, 0.15) is 47.9 Å². The third-order valence-electron chi connectivity index (χ3n) is 7.82. The minimum atomic E-state index is 0.318. The highest BCUT2D eigenvalue weighted by atomic mass is 16.3. The van der Waals surface area contributed by atoms with E-state index in [2.05, 4.69) is 70.5 Å². The van der Waals surface area contributed by atoms with Crippen molar-refractivity contribution in [3.63, 3.8) is 0 Å². The molecule has 2 atom stereocenters. The van der Waals surface area contributed by atoms with E-state index in [9.17, 15) is 10.2 Å². The fraction of sp³-hybridized carbons (Fsp3) is 0.294. The molecule has 0 heterocycles. The van der Waals surface area contributed by atoms with Crippen LogP contribution in [0.4, 0.5) is 0 Å². The van der Waals surface area contributed by atoms with Gasteiger partial charge in [0, 0.05) is 49.4 Å². The number of benzene rings is 4. The second-order valence-corrected chi connectivity index (χ2v) is 10.5. The van der Waals surface area contributed by atoms with Gasteiger partial charge in [0.15, 0.2) is 0 Å². The van der Waals surface area contributed by atoms with Crippen LogP contribution < -0.4 is 0 Å². The maximum Gasteiger partial charge on any atom is 0.120 e. The fourth-order valence-corrected chi connectivity index (χ4v) is 5.89. The van der Waals surface area contributed by atoms with E-state index in [1.54, 1.807) is 12.1 Å². The Bertz CT molecular complexity index is 1180. The summed E-state index contributed by atoms with van der Waals surface area (Å²) < 4.78 is 0. The van der Waals surface area contributed by atoms with Crippen molar-refractivity contribution in [2.24, 2.45) is 0 Å². The number of phenolic OH excluding ortho intramolecular Hbond substituents is 2. The zero-order chi connectivity index (χ0) is 26.2. The second kappa shape index (κ2) is 12.8. The number of phenols is 2. The average Bonchev–Trinajstić information content (AvgIpc) is 2.96. The summed E-state index contributed by atoms with van der Waals surface area (Å²) in [7, 11) is 0. The molecule has 1 fully saturated rings. The Morgan fingerprint density at radius 2 is 0.842 bits per heavy atom. The first-order chi connectivity index (χ1) is 18.7. The van der Waals surface area contributed by atoms with Crippen molar-refractivity contribution < 1.29 is 10.2 Å². The summed E-state index contributed by atoms with van der Waals surface area (Å²) in [5.74, 6) is 0.710. The van der Waals surface area contributed by atoms with Crippen LogP contribution >= 0.6 is 0 Å². The molecule has 4 aromatic rings. The van der Waals surface area contributed by atoms with Gasteiger partial charge in [-0.1, -0.05) is 110 Å². The molecule has 0 unspecified atom stereocenters. The van der Waals surface area contributed by atoms with Gasteiger partial charge in [-0.15, -0.1) is 0 Å². The molecule has 0 spiro atoms. The van der Waals surface area contributed by atoms with Crippen LogP contribution in [0.3, 0.4) is 0 Å². The molecule has 0 radical (unpaired) electrons. The van der Waals surface area contributed by atoms with Gasteiger partial charge in [0.05, 0.1) is 0 Å². The molecule has 5 rings (SSSR count). The zero-order valence-electron chi connectivity index (χ0n) is 22.0. The maximum absolute atomic E-state index is 10.7. The minimum absolute atomic E-state index is 0.318. The predicted octanol–water partition coefficient (Wildman–Crippen LogP) is 7.11. The molecule has 2 N–H and O–H groups in total. The van der Waals surface area contributed by atoms with Crippen molar-refractivity contribution in [2.75, 3.05) is 0 Å². The molecule has 38 heavy (non-hydrogen) atoms. The van der Waals surface area contributed by atoms with Crippen LogP contribution in [-0.4, -0.2) is 32.1 Å². The van der Waals surface area contributed by atoms with E-state index >= 15 is 0 Å². The molecular formula is C34H38N2O2. The summed E-state index contributed by atoms with van der Waals surface area (Å²) in [6, 6.07) is 37.4. The van der Waals surface area contributed by atoms with Crippen molar-refractivity contribution in [2.45, 2.75) is 63.9 Å².